The van der Waals surface area contributed by atoms with Gasteiger partial charge in [-0.05, 0) is 43.8 Å². The van der Waals surface area contributed by atoms with Gasteiger partial charge in [0.2, 0.25) is 5.78 Å². The summed E-state index contributed by atoms with van der Waals surface area (Å²) in [5.41, 5.74) is 1.48. The van der Waals surface area contributed by atoms with E-state index in [2.05, 4.69) is 0 Å². The number of likely N-dealkylation sites (N-methyl/N-ethyl adjacent to an activating group) is 1. The molecule has 0 saturated heterocycles. The monoisotopic (exact) mass is 582 g/mol. The van der Waals surface area contributed by atoms with Crippen LogP contribution < -0.4 is 5.73 Å². The van der Waals surface area contributed by atoms with Crippen LogP contribution in [0.25, 0.3) is 0 Å². The quantitative estimate of drug-likeness (QED) is 0.260. The Morgan fingerprint density at radius 3 is 2.21 bits per heavy atom. The number of nitrogens with zero attached hydrogens (tertiary/aromatic N) is 1. The van der Waals surface area contributed by atoms with Crippen LogP contribution in [-0.4, -0.2) is 80.6 Å². The summed E-state index contributed by atoms with van der Waals surface area (Å²) in [5, 5.41) is 46.4. The minimum atomic E-state index is -2.95. The molecule has 1 aromatic rings. The standard InChI is InChI=1S/C31H38N2O9/c1-12-14-10-11-15(30(2,3)4)22(34)17(14)23(35)18-16(12)25(42-29(40)13-8-7-9-13)20-21(33(5)6)24(36)19(28(32)39)27(38)31(20,41)26(18)37/h10-13,16,20-21,25,34,36-37,41H,7-9H2,1-6H3,(H2,32,39)/t12-,16+,20-,21+,25-,31-/m1/s1. The number of esters is 1. The lowest BCUT2D eigenvalue weighted by molar-refractivity contribution is -0.185. The number of aromatic hydroxyl groups is 1. The zero-order valence-corrected chi connectivity index (χ0v) is 24.6. The van der Waals surface area contributed by atoms with Gasteiger partial charge in [0.05, 0.1) is 23.4 Å². The summed E-state index contributed by atoms with van der Waals surface area (Å²) < 4.78 is 6.07. The molecule has 0 radical (unpaired) electrons. The number of Topliss-reactive ketones (excluding diaryl/α,β-unsaturated/α-hetero) is 2. The predicted molar refractivity (Wildman–Crippen MR) is 150 cm³/mol. The van der Waals surface area contributed by atoms with Crippen molar-refractivity contribution in [3.63, 3.8) is 0 Å². The summed E-state index contributed by atoms with van der Waals surface area (Å²) in [6.45, 7) is 7.33. The minimum absolute atomic E-state index is 0.0835. The SMILES string of the molecule is C[C@@H]1c2ccc(C(C)(C)C)c(O)c2C(=O)C2=C(O)[C@@]3(O)C(=O)C(C(N)=O)=C(O)[C@@H](N(C)C)[C@@H]3[C@H](OC(=O)C3CCC3)[C@H]21. The molecular weight excluding hydrogens is 544 g/mol. The van der Waals surface area contributed by atoms with E-state index in [1.54, 1.807) is 19.1 Å². The molecule has 0 aromatic heterocycles. The minimum Gasteiger partial charge on any atom is -0.510 e. The van der Waals surface area contributed by atoms with Crippen LogP contribution in [0.5, 0.6) is 5.75 Å². The summed E-state index contributed by atoms with van der Waals surface area (Å²) >= 11 is 0. The molecule has 11 heteroatoms. The third kappa shape index (κ3) is 3.93. The molecule has 6 atom stereocenters. The van der Waals surface area contributed by atoms with Gasteiger partial charge in [0.15, 0.2) is 11.4 Å². The summed E-state index contributed by atoms with van der Waals surface area (Å²) in [6.07, 6.45) is 0.619. The molecule has 6 N–H and O–H groups in total. The van der Waals surface area contributed by atoms with Gasteiger partial charge in [-0.2, -0.15) is 0 Å². The normalized spacial score (nSPS) is 31.4. The van der Waals surface area contributed by atoms with Gasteiger partial charge >= 0.3 is 5.97 Å². The summed E-state index contributed by atoms with van der Waals surface area (Å²) in [7, 11) is 3.04. The fraction of sp³-hybridized carbons (Fsp3) is 0.548. The first-order valence-corrected chi connectivity index (χ1v) is 14.2. The van der Waals surface area contributed by atoms with E-state index in [0.29, 0.717) is 24.0 Å². The first-order chi connectivity index (χ1) is 19.5. The molecule has 226 valence electrons. The molecule has 1 aromatic carbocycles. The Morgan fingerprint density at radius 2 is 1.71 bits per heavy atom. The number of nitrogens with two attached hydrogens (primary N) is 1. The van der Waals surface area contributed by atoms with Gasteiger partial charge in [-0.1, -0.05) is 46.2 Å². The maximum absolute atomic E-state index is 14.3. The van der Waals surface area contributed by atoms with Crippen LogP contribution >= 0.6 is 0 Å². The van der Waals surface area contributed by atoms with Gasteiger partial charge in [-0.3, -0.25) is 24.1 Å². The van der Waals surface area contributed by atoms with Crippen LogP contribution in [0.1, 0.15) is 74.4 Å². The molecule has 0 bridgehead atoms. The highest BCUT2D eigenvalue weighted by molar-refractivity contribution is 6.25. The van der Waals surface area contributed by atoms with Crippen molar-refractivity contribution in [2.75, 3.05) is 14.1 Å². The number of rotatable bonds is 4. The molecule has 5 rings (SSSR count). The number of aliphatic hydroxyl groups is 3. The number of carbonyl (C=O) groups is 4. The third-order valence-electron chi connectivity index (χ3n) is 9.60. The van der Waals surface area contributed by atoms with E-state index >= 15 is 0 Å². The Bertz CT molecular complexity index is 1480. The summed E-state index contributed by atoms with van der Waals surface area (Å²) in [6, 6.07) is 2.13. The lowest BCUT2D eigenvalue weighted by Crippen LogP contribution is -2.69. The fourth-order valence-electron chi connectivity index (χ4n) is 7.21. The largest absolute Gasteiger partial charge is 0.510 e. The molecule has 42 heavy (non-hydrogen) atoms. The van der Waals surface area contributed by atoms with Crippen LogP contribution in [0, 0.1) is 17.8 Å². The topological polar surface area (TPSA) is 188 Å². The molecule has 11 nitrogen and oxygen atoms in total. The van der Waals surface area contributed by atoms with Gasteiger partial charge in [0.25, 0.3) is 5.91 Å². The number of hydrogen-bond donors (Lipinski definition) is 5. The number of carbonyl (C=O) groups excluding carboxylic acids is 4. The Hall–Kier alpha value is -3.70. The van der Waals surface area contributed by atoms with Gasteiger partial charge < -0.3 is 30.9 Å². The highest BCUT2D eigenvalue weighted by Gasteiger charge is 2.68. The number of primary amides is 1. The molecule has 1 saturated carbocycles. The van der Waals surface area contributed by atoms with Gasteiger partial charge in [0, 0.05) is 17.1 Å². The zero-order valence-electron chi connectivity index (χ0n) is 24.6. The van der Waals surface area contributed by atoms with E-state index in [4.69, 9.17) is 10.5 Å². The van der Waals surface area contributed by atoms with Gasteiger partial charge in [-0.15, -0.1) is 0 Å². The number of hydrogen-bond acceptors (Lipinski definition) is 10. The number of phenols is 1. The number of amides is 1. The Kier molecular flexibility index (Phi) is 6.86. The number of ketones is 2. The van der Waals surface area contributed by atoms with Crippen molar-refractivity contribution in [2.45, 2.75) is 76.0 Å². The average molecular weight is 583 g/mol. The van der Waals surface area contributed by atoms with Crippen molar-refractivity contribution in [2.24, 2.45) is 23.5 Å². The Balaban J connectivity index is 1.82. The molecular formula is C31H38N2O9. The second-order valence-corrected chi connectivity index (χ2v) is 13.3. The number of ether oxygens (including phenoxy) is 1. The van der Waals surface area contributed by atoms with E-state index in [1.165, 1.54) is 19.0 Å². The molecule has 0 spiro atoms. The lowest BCUT2D eigenvalue weighted by Gasteiger charge is -2.54. The van der Waals surface area contributed by atoms with Crippen molar-refractivity contribution in [3.05, 3.63) is 51.5 Å². The first-order valence-electron chi connectivity index (χ1n) is 14.2. The lowest BCUT2D eigenvalue weighted by atomic mass is 9.55. The number of phenolic OH excluding ortho intramolecular Hbond substituents is 1. The van der Waals surface area contributed by atoms with Gasteiger partial charge in [0.1, 0.15) is 28.9 Å². The van der Waals surface area contributed by atoms with E-state index in [1.807, 2.05) is 20.8 Å². The summed E-state index contributed by atoms with van der Waals surface area (Å²) in [5.74, 6) is -9.82. The average Bonchev–Trinajstić information content (AvgIpc) is 2.83. The van der Waals surface area contributed by atoms with E-state index in [0.717, 1.165) is 6.42 Å². The fourth-order valence-corrected chi connectivity index (χ4v) is 7.21. The third-order valence-corrected chi connectivity index (χ3v) is 9.60. The van der Waals surface area contributed by atoms with Crippen LogP contribution in [0.3, 0.4) is 0 Å². The molecule has 0 aliphatic heterocycles. The van der Waals surface area contributed by atoms with E-state index in [-0.39, 0.29) is 11.3 Å². The number of aliphatic hydroxyl groups excluding tert-OH is 2. The molecule has 1 fully saturated rings. The van der Waals surface area contributed by atoms with Crippen molar-refractivity contribution < 1.29 is 44.3 Å². The van der Waals surface area contributed by atoms with Crippen LogP contribution in [-0.2, 0) is 24.5 Å². The summed E-state index contributed by atoms with van der Waals surface area (Å²) in [4.78, 5) is 55.2. The van der Waals surface area contributed by atoms with Crippen LogP contribution in [0.4, 0.5) is 0 Å². The molecule has 4 aliphatic rings. The Morgan fingerprint density at radius 1 is 1.10 bits per heavy atom. The first kappa shape index (κ1) is 29.8. The second kappa shape index (κ2) is 9.67. The Labute approximate surface area is 243 Å². The maximum atomic E-state index is 14.3. The van der Waals surface area contributed by atoms with E-state index < -0.39 is 92.9 Å². The highest BCUT2D eigenvalue weighted by atomic mass is 16.5. The number of fused-ring (bicyclic) bond motifs is 3. The van der Waals surface area contributed by atoms with Crippen molar-refractivity contribution in [3.8, 4) is 5.75 Å². The molecule has 0 unspecified atom stereocenters. The smallest absolute Gasteiger partial charge is 0.309 e. The molecule has 4 aliphatic carbocycles. The predicted octanol–water partition coefficient (Wildman–Crippen LogP) is 2.30. The van der Waals surface area contributed by atoms with Crippen LogP contribution in [0.2, 0.25) is 0 Å². The van der Waals surface area contributed by atoms with E-state index in [9.17, 15) is 39.6 Å². The van der Waals surface area contributed by atoms with Crippen molar-refractivity contribution >= 4 is 23.4 Å². The van der Waals surface area contributed by atoms with Gasteiger partial charge in [-0.25, -0.2) is 0 Å². The van der Waals surface area contributed by atoms with Crippen LogP contribution in [0.15, 0.2) is 34.8 Å². The number of benzene rings is 1. The maximum Gasteiger partial charge on any atom is 0.309 e. The molecule has 0 heterocycles. The highest BCUT2D eigenvalue weighted by Crippen LogP contribution is 2.57. The molecule has 1 amide bonds. The van der Waals surface area contributed by atoms with Crippen molar-refractivity contribution in [1.82, 2.24) is 4.90 Å². The second-order valence-electron chi connectivity index (χ2n) is 13.3. The zero-order chi connectivity index (χ0) is 31.2. The van der Waals surface area contributed by atoms with Crippen molar-refractivity contribution in [1.29, 1.82) is 0 Å².